The maximum absolute atomic E-state index is 9.77. The van der Waals surface area contributed by atoms with Crippen LogP contribution in [0.15, 0.2) is 12.2 Å². The van der Waals surface area contributed by atoms with Crippen LogP contribution in [0.5, 0.6) is 0 Å². The number of hydrogen-bond donors (Lipinski definition) is 5. The van der Waals surface area contributed by atoms with Crippen molar-refractivity contribution in [2.75, 3.05) is 0 Å². The van der Waals surface area contributed by atoms with E-state index in [1.54, 1.807) is 6.92 Å². The Kier molecular flexibility index (Phi) is 8.65. The zero-order chi connectivity index (χ0) is 13.3. The molecule has 0 fully saturated rings. The predicted molar refractivity (Wildman–Crippen MR) is 49.7 cm³/mol. The van der Waals surface area contributed by atoms with Crippen molar-refractivity contribution in [3.63, 3.8) is 0 Å². The minimum absolute atomic E-state index is 0.891. The molecule has 0 aromatic heterocycles. The van der Waals surface area contributed by atoms with Crippen molar-refractivity contribution in [2.45, 2.75) is 19.1 Å². The number of allylic oxidation sites excluding steroid dienone is 1. The lowest BCUT2D eigenvalue weighted by Crippen LogP contribution is -2.39. The summed E-state index contributed by atoms with van der Waals surface area (Å²) in [7, 11) is 0. The molecule has 8 nitrogen and oxygen atoms in total. The molecule has 0 aliphatic rings. The number of carboxylic acids is 3. The van der Waals surface area contributed by atoms with Crippen LogP contribution in [0.25, 0.3) is 0 Å². The van der Waals surface area contributed by atoms with E-state index >= 15 is 0 Å². The normalized spacial score (nSPS) is 13.4. The summed E-state index contributed by atoms with van der Waals surface area (Å²) >= 11 is 0. The predicted octanol–water partition coefficient (Wildman–Crippen LogP) is -1.48. The van der Waals surface area contributed by atoms with Crippen molar-refractivity contribution in [2.24, 2.45) is 0 Å². The molecule has 0 saturated heterocycles. The van der Waals surface area contributed by atoms with E-state index in [0.29, 0.717) is 0 Å². The average Bonchev–Trinajstić information content (AvgIpc) is 2.15. The second-order valence-corrected chi connectivity index (χ2v) is 2.40. The van der Waals surface area contributed by atoms with Gasteiger partial charge in [-0.3, -0.25) is 0 Å². The standard InChI is InChI=1S/C4H6O6.C4H6O2/c5-1(3(7)8)2(6)4(9)10;1-2-3-4(5)6/h1-2,5-6H,(H,7,8)(H,9,10);2-3H,1H3,(H,5,6). The summed E-state index contributed by atoms with van der Waals surface area (Å²) in [6.07, 6.45) is -1.97. The highest BCUT2D eigenvalue weighted by Gasteiger charge is 2.29. The van der Waals surface area contributed by atoms with Gasteiger partial charge >= 0.3 is 17.9 Å². The molecule has 0 spiro atoms. The number of aliphatic hydroxyl groups is 2. The van der Waals surface area contributed by atoms with E-state index in [9.17, 15) is 14.4 Å². The van der Waals surface area contributed by atoms with E-state index in [1.165, 1.54) is 6.08 Å². The molecule has 8 heteroatoms. The molecular weight excluding hydrogens is 224 g/mol. The van der Waals surface area contributed by atoms with Crippen LogP contribution >= 0.6 is 0 Å². The number of carboxylic acid groups (broad SMARTS) is 3. The molecule has 0 aromatic carbocycles. The Balaban J connectivity index is 0. The van der Waals surface area contributed by atoms with Crippen LogP contribution in [0.2, 0.25) is 0 Å². The number of rotatable bonds is 4. The first kappa shape index (κ1) is 16.5. The Morgan fingerprint density at radius 2 is 1.25 bits per heavy atom. The second-order valence-electron chi connectivity index (χ2n) is 2.40. The maximum atomic E-state index is 9.77. The first-order valence-corrected chi connectivity index (χ1v) is 3.91. The lowest BCUT2D eigenvalue weighted by atomic mass is 10.2. The molecule has 5 N–H and O–H groups in total. The Bertz CT molecular complexity index is 264. The van der Waals surface area contributed by atoms with Crippen molar-refractivity contribution in [3.05, 3.63) is 12.2 Å². The SMILES string of the molecule is CC=CC(=O)O.O=C(O)C(O)C(O)C(=O)O. The Labute approximate surface area is 90.1 Å². The summed E-state index contributed by atoms with van der Waals surface area (Å²) in [6.45, 7) is 1.66. The third-order valence-corrected chi connectivity index (χ3v) is 1.11. The van der Waals surface area contributed by atoms with Crippen LogP contribution in [0.3, 0.4) is 0 Å². The molecule has 0 bridgehead atoms. The zero-order valence-corrected chi connectivity index (χ0v) is 8.27. The molecule has 0 rings (SSSR count). The van der Waals surface area contributed by atoms with Crippen LogP contribution < -0.4 is 0 Å². The molecule has 2 unspecified atom stereocenters. The fourth-order valence-electron chi connectivity index (χ4n) is 0.413. The summed E-state index contributed by atoms with van der Waals surface area (Å²) < 4.78 is 0. The van der Waals surface area contributed by atoms with Crippen LogP contribution in [-0.2, 0) is 14.4 Å². The number of carbonyl (C=O) groups is 3. The van der Waals surface area contributed by atoms with Gasteiger partial charge in [0.2, 0.25) is 0 Å². The second kappa shape index (κ2) is 8.38. The van der Waals surface area contributed by atoms with E-state index in [0.717, 1.165) is 6.08 Å². The van der Waals surface area contributed by atoms with Crippen molar-refractivity contribution in [1.82, 2.24) is 0 Å². The Morgan fingerprint density at radius 3 is 1.31 bits per heavy atom. The van der Waals surface area contributed by atoms with Crippen molar-refractivity contribution in [1.29, 1.82) is 0 Å². The molecule has 92 valence electrons. The smallest absolute Gasteiger partial charge is 0.335 e. The molecule has 0 radical (unpaired) electrons. The fourth-order valence-corrected chi connectivity index (χ4v) is 0.413. The Hall–Kier alpha value is -1.93. The molecular formula is C8H12O8. The number of hydrogen-bond acceptors (Lipinski definition) is 5. The monoisotopic (exact) mass is 236 g/mol. The number of aliphatic carboxylic acids is 3. The highest BCUT2D eigenvalue weighted by atomic mass is 16.4. The van der Waals surface area contributed by atoms with Gasteiger partial charge in [0.25, 0.3) is 0 Å². The molecule has 2 atom stereocenters. The van der Waals surface area contributed by atoms with Gasteiger partial charge in [-0.15, -0.1) is 0 Å². The van der Waals surface area contributed by atoms with Gasteiger partial charge in [0.1, 0.15) is 0 Å². The Morgan fingerprint density at radius 1 is 0.938 bits per heavy atom. The molecule has 0 aliphatic carbocycles. The summed E-state index contributed by atoms with van der Waals surface area (Å²) in [5.74, 6) is -4.43. The first-order valence-electron chi connectivity index (χ1n) is 3.91. The van der Waals surface area contributed by atoms with E-state index in [1.807, 2.05) is 0 Å². The van der Waals surface area contributed by atoms with Crippen molar-refractivity contribution >= 4 is 17.9 Å². The van der Waals surface area contributed by atoms with Crippen LogP contribution in [0.4, 0.5) is 0 Å². The molecule has 0 amide bonds. The van der Waals surface area contributed by atoms with Crippen molar-refractivity contribution < 1.29 is 39.9 Å². The van der Waals surface area contributed by atoms with Crippen LogP contribution in [0, 0.1) is 0 Å². The topological polar surface area (TPSA) is 152 Å². The minimum atomic E-state index is -2.27. The van der Waals surface area contributed by atoms with E-state index < -0.39 is 30.1 Å². The van der Waals surface area contributed by atoms with E-state index in [2.05, 4.69) is 0 Å². The summed E-state index contributed by atoms with van der Waals surface area (Å²) in [6, 6.07) is 0. The van der Waals surface area contributed by atoms with Gasteiger partial charge in [0, 0.05) is 6.08 Å². The van der Waals surface area contributed by atoms with Gasteiger partial charge < -0.3 is 25.5 Å². The first-order chi connectivity index (χ1) is 7.23. The molecule has 16 heavy (non-hydrogen) atoms. The van der Waals surface area contributed by atoms with Gasteiger partial charge in [0.05, 0.1) is 0 Å². The molecule has 0 saturated carbocycles. The highest BCUT2D eigenvalue weighted by Crippen LogP contribution is 1.92. The van der Waals surface area contributed by atoms with Gasteiger partial charge in [-0.1, -0.05) is 6.08 Å². The molecule has 0 heterocycles. The minimum Gasteiger partial charge on any atom is -0.479 e. The summed E-state index contributed by atoms with van der Waals surface area (Å²) in [4.78, 5) is 29.1. The van der Waals surface area contributed by atoms with E-state index in [4.69, 9.17) is 25.5 Å². The van der Waals surface area contributed by atoms with Crippen LogP contribution in [0.1, 0.15) is 6.92 Å². The zero-order valence-electron chi connectivity index (χ0n) is 8.27. The largest absolute Gasteiger partial charge is 0.479 e. The third kappa shape index (κ3) is 8.66. The third-order valence-electron chi connectivity index (χ3n) is 1.11. The van der Waals surface area contributed by atoms with Gasteiger partial charge in [0.15, 0.2) is 12.2 Å². The lowest BCUT2D eigenvalue weighted by Gasteiger charge is -2.07. The maximum Gasteiger partial charge on any atom is 0.335 e. The van der Waals surface area contributed by atoms with Gasteiger partial charge in [-0.05, 0) is 6.92 Å². The lowest BCUT2D eigenvalue weighted by molar-refractivity contribution is -0.165. The molecule has 0 aromatic rings. The fraction of sp³-hybridized carbons (Fsp3) is 0.375. The summed E-state index contributed by atoms with van der Waals surface area (Å²) in [5, 5.41) is 40.4. The molecule has 0 aliphatic heterocycles. The quantitative estimate of drug-likeness (QED) is 0.370. The summed E-state index contributed by atoms with van der Waals surface area (Å²) in [5.41, 5.74) is 0. The van der Waals surface area contributed by atoms with Crippen molar-refractivity contribution in [3.8, 4) is 0 Å². The highest BCUT2D eigenvalue weighted by molar-refractivity contribution is 5.83. The van der Waals surface area contributed by atoms with Gasteiger partial charge in [-0.2, -0.15) is 0 Å². The van der Waals surface area contributed by atoms with Crippen LogP contribution in [-0.4, -0.2) is 55.6 Å². The average molecular weight is 236 g/mol. The number of aliphatic hydroxyl groups excluding tert-OH is 2. The van der Waals surface area contributed by atoms with Gasteiger partial charge in [-0.25, -0.2) is 14.4 Å². The van der Waals surface area contributed by atoms with E-state index in [-0.39, 0.29) is 0 Å².